The fourth-order valence-electron chi connectivity index (χ4n) is 3.90. The first-order valence-electron chi connectivity index (χ1n) is 10.2. The van der Waals surface area contributed by atoms with Crippen molar-refractivity contribution in [3.63, 3.8) is 0 Å². The molecule has 31 heavy (non-hydrogen) atoms. The molecule has 1 atom stereocenters. The molecule has 2 aromatic carbocycles. The summed E-state index contributed by atoms with van der Waals surface area (Å²) in [6.07, 6.45) is 3.55. The zero-order valence-corrected chi connectivity index (χ0v) is 18.6. The summed E-state index contributed by atoms with van der Waals surface area (Å²) in [5, 5.41) is 0.932. The van der Waals surface area contributed by atoms with Crippen molar-refractivity contribution in [2.45, 2.75) is 32.4 Å². The summed E-state index contributed by atoms with van der Waals surface area (Å²) in [5.74, 6) is 1.34. The summed E-state index contributed by atoms with van der Waals surface area (Å²) in [6, 6.07) is 13.1. The summed E-state index contributed by atoms with van der Waals surface area (Å²) in [4.78, 5) is 28.7. The van der Waals surface area contributed by atoms with Crippen LogP contribution in [0, 0.1) is 6.92 Å². The molecule has 2 heterocycles. The molecule has 4 rings (SSSR count). The van der Waals surface area contributed by atoms with Gasteiger partial charge in [0.05, 0.1) is 16.1 Å². The van der Waals surface area contributed by atoms with Crippen molar-refractivity contribution < 1.29 is 4.74 Å². The summed E-state index contributed by atoms with van der Waals surface area (Å²) in [5.41, 5.74) is 0.985. The number of halogens is 2. The molecule has 6 nitrogen and oxygen atoms in total. The lowest BCUT2D eigenvalue weighted by molar-refractivity contribution is 0.167. The molecule has 0 aliphatic carbocycles. The van der Waals surface area contributed by atoms with Crippen molar-refractivity contribution in [2.75, 3.05) is 13.1 Å². The first-order chi connectivity index (χ1) is 14.9. The van der Waals surface area contributed by atoms with Crippen molar-refractivity contribution in [3.8, 4) is 11.5 Å². The van der Waals surface area contributed by atoms with E-state index in [1.807, 2.05) is 18.2 Å². The first-order valence-corrected chi connectivity index (χ1v) is 10.9. The van der Waals surface area contributed by atoms with Gasteiger partial charge in [0.15, 0.2) is 0 Å². The van der Waals surface area contributed by atoms with E-state index in [1.165, 1.54) is 0 Å². The van der Waals surface area contributed by atoms with Gasteiger partial charge in [0.1, 0.15) is 11.5 Å². The number of ether oxygens (including phenoxy) is 1. The second kappa shape index (κ2) is 9.30. The molecule has 1 aliphatic heterocycles. The van der Waals surface area contributed by atoms with Gasteiger partial charge in [0.25, 0.3) is 5.56 Å². The molecule has 1 fully saturated rings. The normalized spacial score (nSPS) is 16.9. The third-order valence-corrected chi connectivity index (χ3v) is 6.19. The van der Waals surface area contributed by atoms with E-state index >= 15 is 0 Å². The molecule has 0 unspecified atom stereocenters. The average molecular weight is 460 g/mol. The van der Waals surface area contributed by atoms with Crippen molar-refractivity contribution in [2.24, 2.45) is 0 Å². The highest BCUT2D eigenvalue weighted by molar-refractivity contribution is 6.42. The summed E-state index contributed by atoms with van der Waals surface area (Å²) in [6.45, 7) is 4.15. The van der Waals surface area contributed by atoms with Gasteiger partial charge < -0.3 is 4.74 Å². The predicted octanol–water partition coefficient (Wildman–Crippen LogP) is 4.78. The van der Waals surface area contributed by atoms with Gasteiger partial charge >= 0.3 is 5.69 Å². The lowest BCUT2D eigenvalue weighted by Gasteiger charge is -2.33. The summed E-state index contributed by atoms with van der Waals surface area (Å²) >= 11 is 12.0. The highest BCUT2D eigenvalue weighted by Crippen LogP contribution is 2.30. The van der Waals surface area contributed by atoms with Gasteiger partial charge in [0, 0.05) is 30.9 Å². The van der Waals surface area contributed by atoms with Gasteiger partial charge in [-0.1, -0.05) is 35.3 Å². The van der Waals surface area contributed by atoms with Crippen LogP contribution in [0.15, 0.2) is 58.3 Å². The molecule has 0 radical (unpaired) electrons. The molecule has 162 valence electrons. The number of aromatic amines is 1. The Kier molecular flexibility index (Phi) is 6.51. The van der Waals surface area contributed by atoms with Crippen LogP contribution < -0.4 is 16.0 Å². The van der Waals surface area contributed by atoms with Crippen molar-refractivity contribution >= 4 is 23.2 Å². The second-order valence-electron chi connectivity index (χ2n) is 7.84. The van der Waals surface area contributed by atoms with E-state index in [0.29, 0.717) is 21.4 Å². The average Bonchev–Trinajstić information content (AvgIpc) is 2.74. The molecule has 0 bridgehead atoms. The molecule has 1 aromatic heterocycles. The molecule has 1 aliphatic rings. The van der Waals surface area contributed by atoms with E-state index in [0.717, 1.165) is 43.8 Å². The summed E-state index contributed by atoms with van der Waals surface area (Å²) < 4.78 is 7.59. The number of hydrogen-bond acceptors (Lipinski definition) is 4. The minimum Gasteiger partial charge on any atom is -0.457 e. The maximum absolute atomic E-state index is 12.3. The van der Waals surface area contributed by atoms with Crippen LogP contribution in [0.5, 0.6) is 11.5 Å². The maximum Gasteiger partial charge on any atom is 0.328 e. The number of benzene rings is 2. The number of H-pyrrole nitrogens is 1. The second-order valence-corrected chi connectivity index (χ2v) is 8.65. The van der Waals surface area contributed by atoms with E-state index in [1.54, 1.807) is 35.9 Å². The number of nitrogens with one attached hydrogen (secondary N) is 1. The Morgan fingerprint density at radius 2 is 1.90 bits per heavy atom. The van der Waals surface area contributed by atoms with E-state index in [2.05, 4.69) is 16.0 Å². The zero-order valence-electron chi connectivity index (χ0n) is 17.1. The molecule has 0 amide bonds. The predicted molar refractivity (Wildman–Crippen MR) is 123 cm³/mol. The minimum atomic E-state index is -0.348. The molecule has 1 N–H and O–H groups in total. The van der Waals surface area contributed by atoms with Crippen LogP contribution in [-0.2, 0) is 6.54 Å². The quantitative estimate of drug-likeness (QED) is 0.595. The Bertz CT molecular complexity index is 1210. The fourth-order valence-corrected chi connectivity index (χ4v) is 4.19. The Morgan fingerprint density at radius 1 is 1.10 bits per heavy atom. The lowest BCUT2D eigenvalue weighted by Crippen LogP contribution is -2.41. The van der Waals surface area contributed by atoms with E-state index in [9.17, 15) is 9.59 Å². The fraction of sp³-hybridized carbons (Fsp3) is 0.304. The summed E-state index contributed by atoms with van der Waals surface area (Å²) in [7, 11) is 0. The third-order valence-electron chi connectivity index (χ3n) is 5.45. The van der Waals surface area contributed by atoms with Gasteiger partial charge in [-0.25, -0.2) is 4.79 Å². The van der Waals surface area contributed by atoms with Crippen LogP contribution in [-0.4, -0.2) is 27.5 Å². The largest absolute Gasteiger partial charge is 0.457 e. The smallest absolute Gasteiger partial charge is 0.328 e. The Hall–Kier alpha value is -2.54. The van der Waals surface area contributed by atoms with Crippen LogP contribution in [0.1, 0.15) is 30.0 Å². The molecule has 8 heteroatoms. The minimum absolute atomic E-state index is 0.0347. The molecule has 1 saturated heterocycles. The molecule has 0 spiro atoms. The lowest BCUT2D eigenvalue weighted by atomic mass is 10.0. The molecule has 3 aromatic rings. The van der Waals surface area contributed by atoms with Crippen LogP contribution in [0.4, 0.5) is 0 Å². The van der Waals surface area contributed by atoms with Crippen LogP contribution >= 0.6 is 23.2 Å². The highest BCUT2D eigenvalue weighted by atomic mass is 35.5. The number of likely N-dealkylation sites (tertiary alicyclic amines) is 1. The van der Waals surface area contributed by atoms with E-state index < -0.39 is 0 Å². The maximum atomic E-state index is 12.3. The standard InChI is InChI=1S/C23H23Cl2N3O3/c1-15-12-28(23(30)26-22(15)29)17-5-3-9-27(14-17)13-16-4-2-6-18(10-16)31-19-7-8-20(24)21(25)11-19/h2,4,6-8,10-12,17H,3,5,9,13-14H2,1H3,(H,26,29,30)/t17-/m0/s1. The first kappa shape index (κ1) is 21.7. The van der Waals surface area contributed by atoms with Crippen LogP contribution in [0.25, 0.3) is 0 Å². The molecular weight excluding hydrogens is 437 g/mol. The van der Waals surface area contributed by atoms with Crippen LogP contribution in [0.2, 0.25) is 10.0 Å². The van der Waals surface area contributed by atoms with Gasteiger partial charge in [-0.15, -0.1) is 0 Å². The Labute approximate surface area is 190 Å². The molecular formula is C23H23Cl2N3O3. The van der Waals surface area contributed by atoms with E-state index in [4.69, 9.17) is 27.9 Å². The Morgan fingerprint density at radius 3 is 2.71 bits per heavy atom. The van der Waals surface area contributed by atoms with Crippen LogP contribution in [0.3, 0.4) is 0 Å². The third kappa shape index (κ3) is 5.21. The SMILES string of the molecule is Cc1cn([C@H]2CCCN(Cc3cccc(Oc4ccc(Cl)c(Cl)c4)c3)C2)c(=O)[nH]c1=O. The number of aromatic nitrogens is 2. The van der Waals surface area contributed by atoms with Crippen molar-refractivity contribution in [1.29, 1.82) is 0 Å². The van der Waals surface area contributed by atoms with Crippen molar-refractivity contribution in [3.05, 3.63) is 90.7 Å². The number of aryl methyl sites for hydroxylation is 1. The van der Waals surface area contributed by atoms with Gasteiger partial charge in [-0.3, -0.25) is 19.2 Å². The van der Waals surface area contributed by atoms with Crippen molar-refractivity contribution in [1.82, 2.24) is 14.5 Å². The Balaban J connectivity index is 1.46. The molecule has 0 saturated carbocycles. The van der Waals surface area contributed by atoms with E-state index in [-0.39, 0.29) is 17.3 Å². The highest BCUT2D eigenvalue weighted by Gasteiger charge is 2.22. The number of nitrogens with zero attached hydrogens (tertiary/aromatic N) is 2. The van der Waals surface area contributed by atoms with Gasteiger partial charge in [-0.05, 0) is 56.1 Å². The topological polar surface area (TPSA) is 67.3 Å². The van der Waals surface area contributed by atoms with Gasteiger partial charge in [0.2, 0.25) is 0 Å². The monoisotopic (exact) mass is 459 g/mol. The van der Waals surface area contributed by atoms with Gasteiger partial charge in [-0.2, -0.15) is 0 Å². The zero-order chi connectivity index (χ0) is 22.0. The number of piperidine rings is 1. The number of hydrogen-bond donors (Lipinski definition) is 1. The number of rotatable bonds is 5.